The van der Waals surface area contributed by atoms with E-state index in [-0.39, 0.29) is 23.9 Å². The molecule has 0 aliphatic carbocycles. The normalized spacial score (nSPS) is 17.3. The lowest BCUT2D eigenvalue weighted by atomic mass is 10.0. The maximum atomic E-state index is 12.9. The first kappa shape index (κ1) is 23.2. The van der Waals surface area contributed by atoms with Gasteiger partial charge in [0, 0.05) is 40.3 Å². The van der Waals surface area contributed by atoms with Crippen LogP contribution in [0.3, 0.4) is 0 Å². The standard InChI is InChI=1S/C21H24F3N3O3S/c1-25(2)20(28)19(16-6-4-3-5-7-16)26-12-14-27(15-13-26)31(29,30)18-10-8-17(9-11-18)21(22,23)24/h3-11,19H,12-15H2,1-2H3. The molecule has 0 N–H and O–H groups in total. The zero-order chi connectivity index (χ0) is 22.8. The van der Waals surface area contributed by atoms with Gasteiger partial charge in [0.05, 0.1) is 10.5 Å². The third-order valence-electron chi connectivity index (χ3n) is 5.25. The Morgan fingerprint density at radius 1 is 0.935 bits per heavy atom. The number of amides is 1. The van der Waals surface area contributed by atoms with Gasteiger partial charge in [0.15, 0.2) is 0 Å². The minimum Gasteiger partial charge on any atom is -0.347 e. The Morgan fingerprint density at radius 2 is 1.48 bits per heavy atom. The first-order valence-electron chi connectivity index (χ1n) is 9.69. The highest BCUT2D eigenvalue weighted by Gasteiger charge is 2.36. The van der Waals surface area contributed by atoms with Crippen molar-refractivity contribution in [2.45, 2.75) is 17.1 Å². The summed E-state index contributed by atoms with van der Waals surface area (Å²) >= 11 is 0. The number of rotatable bonds is 5. The Hall–Kier alpha value is -2.43. The van der Waals surface area contributed by atoms with E-state index in [1.807, 2.05) is 35.2 Å². The largest absolute Gasteiger partial charge is 0.416 e. The van der Waals surface area contributed by atoms with Gasteiger partial charge in [0.2, 0.25) is 15.9 Å². The molecule has 1 heterocycles. The van der Waals surface area contributed by atoms with E-state index in [0.717, 1.165) is 29.8 Å². The maximum absolute atomic E-state index is 12.9. The zero-order valence-electron chi connectivity index (χ0n) is 17.2. The fraction of sp³-hybridized carbons (Fsp3) is 0.381. The van der Waals surface area contributed by atoms with Crippen molar-refractivity contribution in [1.29, 1.82) is 0 Å². The summed E-state index contributed by atoms with van der Waals surface area (Å²) in [6, 6.07) is 12.2. The van der Waals surface area contributed by atoms with E-state index in [4.69, 9.17) is 0 Å². The summed E-state index contributed by atoms with van der Waals surface area (Å²) in [5.41, 5.74) is -0.0792. The van der Waals surface area contributed by atoms with Gasteiger partial charge in [-0.15, -0.1) is 0 Å². The summed E-state index contributed by atoms with van der Waals surface area (Å²) in [5.74, 6) is -0.106. The summed E-state index contributed by atoms with van der Waals surface area (Å²) < 4.78 is 65.3. The summed E-state index contributed by atoms with van der Waals surface area (Å²) in [5, 5.41) is 0. The first-order valence-corrected chi connectivity index (χ1v) is 11.1. The van der Waals surface area contributed by atoms with Crippen LogP contribution in [-0.4, -0.2) is 68.7 Å². The average molecular weight is 456 g/mol. The van der Waals surface area contributed by atoms with E-state index in [9.17, 15) is 26.4 Å². The van der Waals surface area contributed by atoms with Crippen molar-refractivity contribution in [1.82, 2.24) is 14.1 Å². The van der Waals surface area contributed by atoms with Crippen molar-refractivity contribution in [3.63, 3.8) is 0 Å². The number of likely N-dealkylation sites (N-methyl/N-ethyl adjacent to an activating group) is 1. The molecule has 6 nitrogen and oxygen atoms in total. The molecule has 1 saturated heterocycles. The van der Waals surface area contributed by atoms with Crippen LogP contribution in [0.15, 0.2) is 59.5 Å². The van der Waals surface area contributed by atoms with Crippen LogP contribution in [-0.2, 0) is 21.0 Å². The number of halogens is 3. The smallest absolute Gasteiger partial charge is 0.347 e. The van der Waals surface area contributed by atoms with E-state index in [1.54, 1.807) is 14.1 Å². The van der Waals surface area contributed by atoms with Crippen LogP contribution in [0, 0.1) is 0 Å². The molecule has 2 aromatic carbocycles. The van der Waals surface area contributed by atoms with Gasteiger partial charge in [-0.1, -0.05) is 30.3 Å². The van der Waals surface area contributed by atoms with Gasteiger partial charge >= 0.3 is 6.18 Å². The molecule has 1 atom stereocenters. The highest BCUT2D eigenvalue weighted by atomic mass is 32.2. The zero-order valence-corrected chi connectivity index (χ0v) is 18.0. The number of hydrogen-bond acceptors (Lipinski definition) is 4. The summed E-state index contributed by atoms with van der Waals surface area (Å²) in [7, 11) is -0.590. The van der Waals surface area contributed by atoms with Crippen molar-refractivity contribution in [3.8, 4) is 0 Å². The number of hydrogen-bond donors (Lipinski definition) is 0. The Bertz CT molecular complexity index is 1000. The van der Waals surface area contributed by atoms with Gasteiger partial charge in [-0.05, 0) is 29.8 Å². The average Bonchev–Trinajstić information content (AvgIpc) is 2.74. The molecule has 0 spiro atoms. The monoisotopic (exact) mass is 455 g/mol. The van der Waals surface area contributed by atoms with Crippen LogP contribution in [0.25, 0.3) is 0 Å². The lowest BCUT2D eigenvalue weighted by molar-refractivity contribution is -0.137. The maximum Gasteiger partial charge on any atom is 0.416 e. The Labute approximate surface area is 179 Å². The number of sulfonamides is 1. The van der Waals surface area contributed by atoms with Gasteiger partial charge < -0.3 is 4.90 Å². The number of carbonyl (C=O) groups excluding carboxylic acids is 1. The number of nitrogens with zero attached hydrogens (tertiary/aromatic N) is 3. The van der Waals surface area contributed by atoms with Crippen molar-refractivity contribution >= 4 is 15.9 Å². The number of piperazine rings is 1. The first-order chi connectivity index (χ1) is 14.5. The molecule has 0 aromatic heterocycles. The molecule has 1 aliphatic rings. The molecule has 2 aromatic rings. The van der Waals surface area contributed by atoms with Crippen LogP contribution in [0.4, 0.5) is 13.2 Å². The molecular weight excluding hydrogens is 431 g/mol. The lowest BCUT2D eigenvalue weighted by Gasteiger charge is -2.39. The molecule has 1 unspecified atom stereocenters. The highest BCUT2D eigenvalue weighted by molar-refractivity contribution is 7.89. The molecular formula is C21H24F3N3O3S. The van der Waals surface area contributed by atoms with Crippen LogP contribution in [0.5, 0.6) is 0 Å². The minimum absolute atomic E-state index is 0.106. The summed E-state index contributed by atoms with van der Waals surface area (Å²) in [4.78, 5) is 16.1. The topological polar surface area (TPSA) is 60.9 Å². The van der Waals surface area contributed by atoms with Crippen LogP contribution >= 0.6 is 0 Å². The van der Waals surface area contributed by atoms with E-state index >= 15 is 0 Å². The molecule has 168 valence electrons. The highest BCUT2D eigenvalue weighted by Crippen LogP contribution is 2.31. The third-order valence-corrected chi connectivity index (χ3v) is 7.16. The molecule has 10 heteroatoms. The number of carbonyl (C=O) groups is 1. The minimum atomic E-state index is -4.53. The SMILES string of the molecule is CN(C)C(=O)C(c1ccccc1)N1CCN(S(=O)(=O)c2ccc(C(F)(F)F)cc2)CC1. The second-order valence-corrected chi connectivity index (χ2v) is 9.45. The van der Waals surface area contributed by atoms with Gasteiger partial charge in [-0.25, -0.2) is 8.42 Å². The van der Waals surface area contributed by atoms with Crippen LogP contribution in [0.2, 0.25) is 0 Å². The van der Waals surface area contributed by atoms with Crippen molar-refractivity contribution < 1.29 is 26.4 Å². The van der Waals surface area contributed by atoms with Gasteiger partial charge in [-0.3, -0.25) is 9.69 Å². The van der Waals surface area contributed by atoms with Crippen molar-refractivity contribution in [2.24, 2.45) is 0 Å². The van der Waals surface area contributed by atoms with Crippen LogP contribution < -0.4 is 0 Å². The molecule has 1 amide bonds. The molecule has 0 radical (unpaired) electrons. The number of benzene rings is 2. The predicted octanol–water partition coefficient (Wildman–Crippen LogP) is 2.84. The molecule has 0 bridgehead atoms. The second kappa shape index (κ2) is 8.97. The Morgan fingerprint density at radius 3 is 1.97 bits per heavy atom. The lowest BCUT2D eigenvalue weighted by Crippen LogP contribution is -2.52. The molecule has 3 rings (SSSR count). The Kier molecular flexibility index (Phi) is 6.73. The summed E-state index contributed by atoms with van der Waals surface area (Å²) in [6.07, 6.45) is -4.53. The fourth-order valence-electron chi connectivity index (χ4n) is 3.56. The number of alkyl halides is 3. The van der Waals surface area contributed by atoms with Crippen LogP contribution in [0.1, 0.15) is 17.2 Å². The predicted molar refractivity (Wildman–Crippen MR) is 110 cm³/mol. The van der Waals surface area contributed by atoms with E-state index in [0.29, 0.717) is 13.1 Å². The molecule has 1 aliphatic heterocycles. The quantitative estimate of drug-likeness (QED) is 0.696. The van der Waals surface area contributed by atoms with Gasteiger partial charge in [0.25, 0.3) is 0 Å². The molecule has 31 heavy (non-hydrogen) atoms. The van der Waals surface area contributed by atoms with Crippen molar-refractivity contribution in [3.05, 3.63) is 65.7 Å². The molecule has 0 saturated carbocycles. The summed E-state index contributed by atoms with van der Waals surface area (Å²) in [6.45, 7) is 0.902. The Balaban J connectivity index is 1.76. The van der Waals surface area contributed by atoms with Crippen molar-refractivity contribution in [2.75, 3.05) is 40.3 Å². The third kappa shape index (κ3) is 5.08. The van der Waals surface area contributed by atoms with E-state index in [1.165, 1.54) is 9.21 Å². The van der Waals surface area contributed by atoms with Gasteiger partial charge in [-0.2, -0.15) is 17.5 Å². The second-order valence-electron chi connectivity index (χ2n) is 7.51. The van der Waals surface area contributed by atoms with E-state index < -0.39 is 27.8 Å². The fourth-order valence-corrected chi connectivity index (χ4v) is 4.98. The van der Waals surface area contributed by atoms with Gasteiger partial charge in [0.1, 0.15) is 6.04 Å². The van der Waals surface area contributed by atoms with E-state index in [2.05, 4.69) is 0 Å². The molecule has 1 fully saturated rings.